The zero-order valence-electron chi connectivity index (χ0n) is 11.1. The highest BCUT2D eigenvalue weighted by atomic mass is 32.1. The number of rotatable bonds is 2. The Morgan fingerprint density at radius 2 is 2.40 bits per heavy atom. The summed E-state index contributed by atoms with van der Waals surface area (Å²) in [7, 11) is 0. The van der Waals surface area contributed by atoms with E-state index in [0.29, 0.717) is 11.7 Å². The molecular weight excluding hydrogens is 274 g/mol. The van der Waals surface area contributed by atoms with Crippen LogP contribution in [-0.4, -0.2) is 17.5 Å². The number of ether oxygens (including phenoxy) is 1. The van der Waals surface area contributed by atoms with Gasteiger partial charge in [-0.1, -0.05) is 0 Å². The minimum atomic E-state index is -0.0360. The minimum Gasteiger partial charge on any atom is -0.493 e. The number of hydrogen-bond acceptors (Lipinski definition) is 5. The van der Waals surface area contributed by atoms with Gasteiger partial charge in [-0.15, -0.1) is 11.3 Å². The van der Waals surface area contributed by atoms with Crippen LogP contribution in [0.1, 0.15) is 24.9 Å². The van der Waals surface area contributed by atoms with Gasteiger partial charge in [0.05, 0.1) is 18.3 Å². The van der Waals surface area contributed by atoms with Gasteiger partial charge in [-0.2, -0.15) is 0 Å². The Labute approximate surface area is 120 Å². The zero-order chi connectivity index (χ0) is 14.1. The Hall–Kier alpha value is -2.08. The van der Waals surface area contributed by atoms with Crippen LogP contribution >= 0.6 is 11.3 Å². The van der Waals surface area contributed by atoms with Gasteiger partial charge in [-0.25, -0.2) is 4.98 Å². The molecule has 0 aliphatic carbocycles. The van der Waals surface area contributed by atoms with Crippen LogP contribution in [-0.2, 0) is 4.79 Å². The fraction of sp³-hybridized carbons (Fsp3) is 0.286. The first kappa shape index (κ1) is 12.9. The summed E-state index contributed by atoms with van der Waals surface area (Å²) >= 11 is 1.41. The molecule has 0 bridgehead atoms. The normalized spacial score (nSPS) is 17.1. The second-order valence-electron chi connectivity index (χ2n) is 4.71. The summed E-state index contributed by atoms with van der Waals surface area (Å²) < 4.78 is 5.64. The average molecular weight is 289 g/mol. The van der Waals surface area contributed by atoms with Crippen LogP contribution in [0.5, 0.6) is 5.75 Å². The average Bonchev–Trinajstić information content (AvgIpc) is 2.85. The Morgan fingerprint density at radius 3 is 3.10 bits per heavy atom. The number of nitrogen functional groups attached to an aromatic ring is 1. The molecule has 1 aromatic heterocycles. The number of anilines is 1. The lowest BCUT2D eigenvalue weighted by molar-refractivity contribution is -0.119. The topological polar surface area (TPSA) is 77.2 Å². The van der Waals surface area contributed by atoms with Gasteiger partial charge in [0, 0.05) is 29.9 Å². The van der Waals surface area contributed by atoms with Crippen molar-refractivity contribution < 1.29 is 9.53 Å². The van der Waals surface area contributed by atoms with Crippen molar-refractivity contribution in [2.75, 3.05) is 12.3 Å². The summed E-state index contributed by atoms with van der Waals surface area (Å²) in [5.74, 6) is 0.785. The maximum Gasteiger partial charge on any atom is 0.217 e. The predicted octanol–water partition coefficient (Wildman–Crippen LogP) is 2.35. The van der Waals surface area contributed by atoms with Gasteiger partial charge in [-0.3, -0.25) is 4.79 Å². The van der Waals surface area contributed by atoms with Crippen LogP contribution in [0.25, 0.3) is 11.3 Å². The second-order valence-corrected chi connectivity index (χ2v) is 5.60. The largest absolute Gasteiger partial charge is 0.493 e. The molecular formula is C14H15N3O2S. The highest BCUT2D eigenvalue weighted by molar-refractivity contribution is 7.13. The molecule has 3 rings (SSSR count). The van der Waals surface area contributed by atoms with E-state index < -0.39 is 0 Å². The van der Waals surface area contributed by atoms with E-state index in [9.17, 15) is 4.79 Å². The first-order chi connectivity index (χ1) is 9.63. The summed E-state index contributed by atoms with van der Waals surface area (Å²) in [6.07, 6.45) is 0.773. The molecule has 1 aliphatic rings. The van der Waals surface area contributed by atoms with Crippen molar-refractivity contribution >= 4 is 22.4 Å². The van der Waals surface area contributed by atoms with E-state index in [2.05, 4.69) is 10.3 Å². The summed E-state index contributed by atoms with van der Waals surface area (Å²) in [5.41, 5.74) is 8.50. The molecule has 6 heteroatoms. The molecule has 2 aromatic rings. The quantitative estimate of drug-likeness (QED) is 0.889. The molecule has 1 atom stereocenters. The summed E-state index contributed by atoms with van der Waals surface area (Å²) in [4.78, 5) is 15.6. The van der Waals surface area contributed by atoms with Crippen molar-refractivity contribution in [2.45, 2.75) is 19.4 Å². The van der Waals surface area contributed by atoms with Crippen LogP contribution in [0.15, 0.2) is 23.6 Å². The number of benzene rings is 1. The molecule has 0 unspecified atom stereocenters. The Morgan fingerprint density at radius 1 is 1.55 bits per heavy atom. The Balaban J connectivity index is 1.99. The van der Waals surface area contributed by atoms with E-state index in [1.54, 1.807) is 0 Å². The van der Waals surface area contributed by atoms with Crippen LogP contribution in [0.2, 0.25) is 0 Å². The van der Waals surface area contributed by atoms with Crippen molar-refractivity contribution in [3.8, 4) is 17.0 Å². The second kappa shape index (κ2) is 5.13. The molecule has 1 amide bonds. The molecule has 0 fully saturated rings. The van der Waals surface area contributed by atoms with Crippen molar-refractivity contribution in [3.63, 3.8) is 0 Å². The van der Waals surface area contributed by atoms with Crippen molar-refractivity contribution in [1.29, 1.82) is 0 Å². The number of fused-ring (bicyclic) bond motifs is 1. The van der Waals surface area contributed by atoms with Crippen molar-refractivity contribution in [2.24, 2.45) is 0 Å². The van der Waals surface area contributed by atoms with E-state index >= 15 is 0 Å². The third-order valence-electron chi connectivity index (χ3n) is 3.24. The van der Waals surface area contributed by atoms with Gasteiger partial charge in [0.2, 0.25) is 5.91 Å². The van der Waals surface area contributed by atoms with Crippen LogP contribution in [0, 0.1) is 0 Å². The molecule has 20 heavy (non-hydrogen) atoms. The van der Waals surface area contributed by atoms with E-state index in [1.807, 2.05) is 23.6 Å². The highest BCUT2D eigenvalue weighted by Crippen LogP contribution is 2.35. The molecule has 1 aliphatic heterocycles. The Kier molecular flexibility index (Phi) is 3.31. The molecule has 1 aromatic carbocycles. The van der Waals surface area contributed by atoms with E-state index in [-0.39, 0.29) is 11.9 Å². The number of carbonyl (C=O) groups excluding carboxylic acids is 1. The van der Waals surface area contributed by atoms with Crippen LogP contribution in [0.3, 0.4) is 0 Å². The molecule has 0 spiro atoms. The van der Waals surface area contributed by atoms with E-state index in [1.165, 1.54) is 18.3 Å². The number of amides is 1. The minimum absolute atomic E-state index is 0.00724. The molecule has 104 valence electrons. The molecule has 2 heterocycles. The predicted molar refractivity (Wildman–Crippen MR) is 78.6 cm³/mol. The smallest absolute Gasteiger partial charge is 0.217 e. The standard InChI is InChI=1S/C14H15N3O2S/c1-8(18)16-11-4-5-19-13-3-2-9(6-10(11)13)12-7-20-14(15)17-12/h2-3,6-7,11H,4-5H2,1H3,(H2,15,17)(H,16,18)/t11-/m1/s1. The van der Waals surface area contributed by atoms with Gasteiger partial charge in [0.15, 0.2) is 5.13 Å². The number of nitrogens with zero attached hydrogens (tertiary/aromatic N) is 1. The molecule has 0 saturated heterocycles. The lowest BCUT2D eigenvalue weighted by atomic mass is 9.97. The van der Waals surface area contributed by atoms with Gasteiger partial charge in [0.25, 0.3) is 0 Å². The zero-order valence-corrected chi connectivity index (χ0v) is 11.9. The lowest BCUT2D eigenvalue weighted by Gasteiger charge is -2.26. The number of nitrogens with one attached hydrogen (secondary N) is 1. The fourth-order valence-corrected chi connectivity index (χ4v) is 2.94. The number of hydrogen-bond donors (Lipinski definition) is 2. The first-order valence-electron chi connectivity index (χ1n) is 6.38. The van der Waals surface area contributed by atoms with Crippen molar-refractivity contribution in [1.82, 2.24) is 10.3 Å². The summed E-state index contributed by atoms with van der Waals surface area (Å²) in [6.45, 7) is 2.14. The fourth-order valence-electron chi connectivity index (χ4n) is 2.37. The molecule has 3 N–H and O–H groups in total. The third-order valence-corrected chi connectivity index (χ3v) is 3.92. The van der Waals surface area contributed by atoms with Gasteiger partial charge in [-0.05, 0) is 18.2 Å². The third kappa shape index (κ3) is 2.46. The van der Waals surface area contributed by atoms with Crippen LogP contribution in [0.4, 0.5) is 5.13 Å². The molecule has 5 nitrogen and oxygen atoms in total. The summed E-state index contributed by atoms with van der Waals surface area (Å²) in [5, 5.41) is 5.43. The molecule has 0 saturated carbocycles. The maximum atomic E-state index is 11.3. The van der Waals surface area contributed by atoms with Gasteiger partial charge in [0.1, 0.15) is 5.75 Å². The van der Waals surface area contributed by atoms with E-state index in [4.69, 9.17) is 10.5 Å². The lowest BCUT2D eigenvalue weighted by Crippen LogP contribution is -2.30. The number of nitrogens with two attached hydrogens (primary N) is 1. The van der Waals surface area contributed by atoms with Crippen molar-refractivity contribution in [3.05, 3.63) is 29.1 Å². The monoisotopic (exact) mass is 289 g/mol. The van der Waals surface area contributed by atoms with E-state index in [0.717, 1.165) is 29.0 Å². The highest BCUT2D eigenvalue weighted by Gasteiger charge is 2.22. The number of aromatic nitrogens is 1. The van der Waals surface area contributed by atoms with Gasteiger partial charge < -0.3 is 15.8 Å². The summed E-state index contributed by atoms with van der Waals surface area (Å²) in [6, 6.07) is 5.90. The SMILES string of the molecule is CC(=O)N[C@@H]1CCOc2ccc(-c3csc(N)n3)cc21. The number of carbonyl (C=O) groups is 1. The Bertz CT molecular complexity index is 654. The number of thiazole rings is 1. The first-order valence-corrected chi connectivity index (χ1v) is 7.26. The molecule has 0 radical (unpaired) electrons. The van der Waals surface area contributed by atoms with Crippen LogP contribution < -0.4 is 15.8 Å². The maximum absolute atomic E-state index is 11.3. The van der Waals surface area contributed by atoms with Gasteiger partial charge >= 0.3 is 0 Å².